The van der Waals surface area contributed by atoms with Gasteiger partial charge in [0.15, 0.2) is 0 Å². The van der Waals surface area contributed by atoms with Crippen molar-refractivity contribution in [3.8, 4) is 5.75 Å². The molecule has 0 saturated heterocycles. The molecule has 21 heavy (non-hydrogen) atoms. The fourth-order valence-corrected chi connectivity index (χ4v) is 2.55. The Morgan fingerprint density at radius 1 is 1.14 bits per heavy atom. The highest BCUT2D eigenvalue weighted by Gasteiger charge is 2.16. The molecule has 0 aliphatic heterocycles. The van der Waals surface area contributed by atoms with Gasteiger partial charge in [-0.05, 0) is 43.1 Å². The lowest BCUT2D eigenvalue weighted by atomic mass is 9.98. The van der Waals surface area contributed by atoms with Crippen molar-refractivity contribution in [1.29, 1.82) is 0 Å². The third-order valence-electron chi connectivity index (χ3n) is 3.58. The Labute approximate surface area is 126 Å². The highest BCUT2D eigenvalue weighted by molar-refractivity contribution is 5.36. The SMILES string of the molecule is CCNC(CCc1ccccc1)c1cc(F)ccc1OC. The van der Waals surface area contributed by atoms with Gasteiger partial charge in [0.05, 0.1) is 7.11 Å². The van der Waals surface area contributed by atoms with Gasteiger partial charge in [-0.15, -0.1) is 0 Å². The van der Waals surface area contributed by atoms with Crippen LogP contribution in [0.4, 0.5) is 4.39 Å². The van der Waals surface area contributed by atoms with Gasteiger partial charge in [0, 0.05) is 11.6 Å². The first-order valence-corrected chi connectivity index (χ1v) is 7.35. The number of benzene rings is 2. The lowest BCUT2D eigenvalue weighted by molar-refractivity contribution is 0.394. The van der Waals surface area contributed by atoms with Gasteiger partial charge in [-0.3, -0.25) is 0 Å². The number of hydrogen-bond donors (Lipinski definition) is 1. The van der Waals surface area contributed by atoms with Crippen LogP contribution in [0.2, 0.25) is 0 Å². The molecular formula is C18H22FNO. The monoisotopic (exact) mass is 287 g/mol. The molecule has 112 valence electrons. The zero-order valence-electron chi connectivity index (χ0n) is 12.6. The van der Waals surface area contributed by atoms with Gasteiger partial charge in [0.2, 0.25) is 0 Å². The summed E-state index contributed by atoms with van der Waals surface area (Å²) in [6.45, 7) is 2.89. The van der Waals surface area contributed by atoms with E-state index in [4.69, 9.17) is 4.74 Å². The molecule has 3 heteroatoms. The Kier molecular flexibility index (Phi) is 5.76. The first-order chi connectivity index (χ1) is 10.2. The summed E-state index contributed by atoms with van der Waals surface area (Å²) in [5, 5.41) is 3.42. The largest absolute Gasteiger partial charge is 0.496 e. The average Bonchev–Trinajstić information content (AvgIpc) is 2.52. The number of ether oxygens (including phenoxy) is 1. The molecule has 0 amide bonds. The van der Waals surface area contributed by atoms with E-state index in [1.54, 1.807) is 19.2 Å². The maximum atomic E-state index is 13.6. The maximum absolute atomic E-state index is 13.6. The second-order valence-electron chi connectivity index (χ2n) is 5.02. The molecule has 0 heterocycles. The van der Waals surface area contributed by atoms with Crippen LogP contribution in [0.1, 0.15) is 30.5 Å². The van der Waals surface area contributed by atoms with E-state index >= 15 is 0 Å². The molecule has 0 radical (unpaired) electrons. The van der Waals surface area contributed by atoms with Crippen molar-refractivity contribution in [1.82, 2.24) is 5.32 Å². The molecule has 1 unspecified atom stereocenters. The minimum Gasteiger partial charge on any atom is -0.496 e. The number of aryl methyl sites for hydroxylation is 1. The van der Waals surface area contributed by atoms with Gasteiger partial charge in [0.1, 0.15) is 11.6 Å². The average molecular weight is 287 g/mol. The zero-order valence-corrected chi connectivity index (χ0v) is 12.6. The minimum absolute atomic E-state index is 0.0841. The molecule has 2 rings (SSSR count). The van der Waals surface area contributed by atoms with Crippen LogP contribution >= 0.6 is 0 Å². The molecule has 0 aliphatic carbocycles. The molecule has 1 atom stereocenters. The maximum Gasteiger partial charge on any atom is 0.123 e. The molecule has 0 fully saturated rings. The molecule has 0 saturated carbocycles. The number of hydrogen-bond acceptors (Lipinski definition) is 2. The van der Waals surface area contributed by atoms with Crippen molar-refractivity contribution >= 4 is 0 Å². The van der Waals surface area contributed by atoms with Crippen molar-refractivity contribution in [3.05, 3.63) is 65.5 Å². The van der Waals surface area contributed by atoms with Gasteiger partial charge >= 0.3 is 0 Å². The van der Waals surface area contributed by atoms with Crippen LogP contribution in [0.5, 0.6) is 5.75 Å². The summed E-state index contributed by atoms with van der Waals surface area (Å²) in [6, 6.07) is 15.1. The second kappa shape index (κ2) is 7.79. The number of rotatable bonds is 7. The smallest absolute Gasteiger partial charge is 0.123 e. The summed E-state index contributed by atoms with van der Waals surface area (Å²) in [5.74, 6) is 0.504. The summed E-state index contributed by atoms with van der Waals surface area (Å²) in [5.41, 5.74) is 2.17. The Morgan fingerprint density at radius 2 is 1.90 bits per heavy atom. The van der Waals surface area contributed by atoms with E-state index < -0.39 is 0 Å². The summed E-state index contributed by atoms with van der Waals surface area (Å²) in [4.78, 5) is 0. The summed E-state index contributed by atoms with van der Waals surface area (Å²) >= 11 is 0. The second-order valence-corrected chi connectivity index (χ2v) is 5.02. The predicted molar refractivity (Wildman–Crippen MR) is 84.1 cm³/mol. The van der Waals surface area contributed by atoms with E-state index in [2.05, 4.69) is 24.4 Å². The standard InChI is InChI=1S/C18H22FNO/c1-3-20-17(11-9-14-7-5-4-6-8-14)16-13-15(19)10-12-18(16)21-2/h4-8,10,12-13,17,20H,3,9,11H2,1-2H3. The summed E-state index contributed by atoms with van der Waals surface area (Å²) in [6.07, 6.45) is 1.84. The van der Waals surface area contributed by atoms with Crippen molar-refractivity contribution < 1.29 is 9.13 Å². The van der Waals surface area contributed by atoms with Crippen LogP contribution in [-0.2, 0) is 6.42 Å². The van der Waals surface area contributed by atoms with Crippen LogP contribution in [0, 0.1) is 5.82 Å². The Balaban J connectivity index is 2.16. The number of halogens is 1. The Morgan fingerprint density at radius 3 is 2.57 bits per heavy atom. The van der Waals surface area contributed by atoms with E-state index in [-0.39, 0.29) is 11.9 Å². The molecule has 0 aliphatic rings. The van der Waals surface area contributed by atoms with Gasteiger partial charge in [-0.25, -0.2) is 4.39 Å². The van der Waals surface area contributed by atoms with Gasteiger partial charge in [-0.1, -0.05) is 37.3 Å². The predicted octanol–water partition coefficient (Wildman–Crippen LogP) is 4.12. The Bertz CT molecular complexity index is 556. The van der Waals surface area contributed by atoms with Crippen LogP contribution in [0.3, 0.4) is 0 Å². The third-order valence-corrected chi connectivity index (χ3v) is 3.58. The molecule has 2 aromatic rings. The van der Waals surface area contributed by atoms with E-state index in [9.17, 15) is 4.39 Å². The number of nitrogens with one attached hydrogen (secondary N) is 1. The van der Waals surface area contributed by atoms with Crippen LogP contribution in [0.15, 0.2) is 48.5 Å². The topological polar surface area (TPSA) is 21.3 Å². The molecule has 0 spiro atoms. The molecule has 0 aromatic heterocycles. The summed E-state index contributed by atoms with van der Waals surface area (Å²) in [7, 11) is 1.62. The van der Waals surface area contributed by atoms with Crippen molar-refractivity contribution in [2.24, 2.45) is 0 Å². The Hall–Kier alpha value is -1.87. The highest BCUT2D eigenvalue weighted by Crippen LogP contribution is 2.29. The van der Waals surface area contributed by atoms with Crippen molar-refractivity contribution in [3.63, 3.8) is 0 Å². The van der Waals surface area contributed by atoms with E-state index in [1.807, 2.05) is 18.2 Å². The molecule has 2 nitrogen and oxygen atoms in total. The zero-order chi connectivity index (χ0) is 15.1. The molecular weight excluding hydrogens is 265 g/mol. The van der Waals surface area contributed by atoms with Gasteiger partial charge in [-0.2, -0.15) is 0 Å². The lowest BCUT2D eigenvalue weighted by Crippen LogP contribution is -2.22. The highest BCUT2D eigenvalue weighted by atomic mass is 19.1. The van der Waals surface area contributed by atoms with Crippen LogP contribution in [0.25, 0.3) is 0 Å². The molecule has 2 aromatic carbocycles. The van der Waals surface area contributed by atoms with E-state index in [1.165, 1.54) is 11.6 Å². The van der Waals surface area contributed by atoms with E-state index in [0.717, 1.165) is 30.7 Å². The first-order valence-electron chi connectivity index (χ1n) is 7.35. The number of methoxy groups -OCH3 is 1. The van der Waals surface area contributed by atoms with E-state index in [0.29, 0.717) is 0 Å². The normalized spacial score (nSPS) is 12.1. The van der Waals surface area contributed by atoms with Gasteiger partial charge in [0.25, 0.3) is 0 Å². The lowest BCUT2D eigenvalue weighted by Gasteiger charge is -2.21. The minimum atomic E-state index is -0.228. The van der Waals surface area contributed by atoms with Crippen LogP contribution < -0.4 is 10.1 Å². The fourth-order valence-electron chi connectivity index (χ4n) is 2.55. The van der Waals surface area contributed by atoms with Crippen molar-refractivity contribution in [2.75, 3.05) is 13.7 Å². The van der Waals surface area contributed by atoms with Crippen LogP contribution in [-0.4, -0.2) is 13.7 Å². The van der Waals surface area contributed by atoms with Gasteiger partial charge < -0.3 is 10.1 Å². The van der Waals surface area contributed by atoms with Crippen molar-refractivity contribution in [2.45, 2.75) is 25.8 Å². The summed E-state index contributed by atoms with van der Waals surface area (Å²) < 4.78 is 18.9. The first kappa shape index (κ1) is 15.5. The molecule has 1 N–H and O–H groups in total. The fraction of sp³-hybridized carbons (Fsp3) is 0.333. The third kappa shape index (κ3) is 4.30. The quantitative estimate of drug-likeness (QED) is 0.827. The molecule has 0 bridgehead atoms.